The summed E-state index contributed by atoms with van der Waals surface area (Å²) < 4.78 is 31.6. The second kappa shape index (κ2) is 16.2. The van der Waals surface area contributed by atoms with Crippen molar-refractivity contribution in [3.05, 3.63) is 17.7 Å². The van der Waals surface area contributed by atoms with Crippen LogP contribution in [0.1, 0.15) is 76.6 Å². The summed E-state index contributed by atoms with van der Waals surface area (Å²) in [7, 11) is 0. The van der Waals surface area contributed by atoms with Crippen LogP contribution >= 0.6 is 0 Å². The second-order valence-corrected chi connectivity index (χ2v) is 9.30. The molecule has 1 aliphatic heterocycles. The summed E-state index contributed by atoms with van der Waals surface area (Å²) in [5.74, 6) is -4.89. The Kier molecular flexibility index (Phi) is 13.4. The Bertz CT molecular complexity index is 985. The van der Waals surface area contributed by atoms with Gasteiger partial charge in [-0.25, -0.2) is 4.79 Å². The van der Waals surface area contributed by atoms with Crippen molar-refractivity contribution in [1.82, 2.24) is 0 Å². The topological polar surface area (TPSA) is 184 Å². The van der Waals surface area contributed by atoms with Crippen molar-refractivity contribution < 1.29 is 62.9 Å². The summed E-state index contributed by atoms with van der Waals surface area (Å²) in [4.78, 5) is 47.9. The van der Waals surface area contributed by atoms with Crippen molar-refractivity contribution >= 4 is 23.9 Å². The molecule has 1 aliphatic rings. The maximum Gasteiger partial charge on any atom is 0.338 e. The second-order valence-electron chi connectivity index (χ2n) is 9.30. The first-order valence-corrected chi connectivity index (χ1v) is 13.2. The van der Waals surface area contributed by atoms with E-state index in [2.05, 4.69) is 6.92 Å². The molecule has 13 heteroatoms. The molecule has 0 aromatic heterocycles. The average Bonchev–Trinajstić information content (AvgIpc) is 2.88. The zero-order chi connectivity index (χ0) is 29.8. The summed E-state index contributed by atoms with van der Waals surface area (Å²) in [6, 6.07) is 2.00. The van der Waals surface area contributed by atoms with E-state index in [9.17, 15) is 34.5 Å². The molecule has 0 saturated carbocycles. The lowest BCUT2D eigenvalue weighted by Gasteiger charge is -2.41. The summed E-state index contributed by atoms with van der Waals surface area (Å²) in [5, 5.41) is 31.1. The van der Waals surface area contributed by atoms with Crippen LogP contribution in [-0.4, -0.2) is 83.1 Å². The molecule has 5 atom stereocenters. The predicted octanol–water partition coefficient (Wildman–Crippen LogP) is 1.80. The van der Waals surface area contributed by atoms with Crippen LogP contribution in [0.4, 0.5) is 0 Å². The minimum absolute atomic E-state index is 0.260. The lowest BCUT2D eigenvalue weighted by Crippen LogP contribution is -2.60. The summed E-state index contributed by atoms with van der Waals surface area (Å²) >= 11 is 0. The fraction of sp³-hybridized carbons (Fsp3) is 0.630. The molecule has 0 unspecified atom stereocenters. The van der Waals surface area contributed by atoms with E-state index in [0.717, 1.165) is 65.0 Å². The van der Waals surface area contributed by atoms with Crippen molar-refractivity contribution in [2.24, 2.45) is 0 Å². The standard InChI is InChI=1S/C27H38O13/c1-5-6-7-8-9-10-11-35-27-23(33)22(32)25(21(14-28)39-27)40-26(34)18-12-19(36-15(2)29)24(38-17(4)31)20(13-18)37-16(3)30/h12-13,21-23,25,27-28,32-33H,5-11,14H2,1-4H3/t21-,22-,23-,25-,27-/m1/s1. The van der Waals surface area contributed by atoms with Gasteiger partial charge in [-0.1, -0.05) is 39.0 Å². The van der Waals surface area contributed by atoms with Gasteiger partial charge in [-0.15, -0.1) is 0 Å². The highest BCUT2D eigenvalue weighted by atomic mass is 16.7. The molecule has 0 spiro atoms. The van der Waals surface area contributed by atoms with Gasteiger partial charge in [0.05, 0.1) is 12.2 Å². The molecule has 0 radical (unpaired) electrons. The number of ether oxygens (including phenoxy) is 6. The minimum atomic E-state index is -1.69. The zero-order valence-electron chi connectivity index (χ0n) is 23.1. The highest BCUT2D eigenvalue weighted by molar-refractivity contribution is 5.92. The smallest absolute Gasteiger partial charge is 0.338 e. The lowest BCUT2D eigenvalue weighted by molar-refractivity contribution is -0.300. The largest absolute Gasteiger partial charge is 0.453 e. The molecule has 1 saturated heterocycles. The molecule has 0 aliphatic carbocycles. The zero-order valence-corrected chi connectivity index (χ0v) is 23.1. The summed E-state index contributed by atoms with van der Waals surface area (Å²) in [6.07, 6.45) is -1.23. The van der Waals surface area contributed by atoms with Crippen molar-refractivity contribution in [3.8, 4) is 17.2 Å². The predicted molar refractivity (Wildman–Crippen MR) is 137 cm³/mol. The van der Waals surface area contributed by atoms with Crippen LogP contribution in [0, 0.1) is 0 Å². The van der Waals surface area contributed by atoms with Crippen LogP contribution in [-0.2, 0) is 28.6 Å². The van der Waals surface area contributed by atoms with E-state index < -0.39 is 78.4 Å². The van der Waals surface area contributed by atoms with Crippen molar-refractivity contribution in [3.63, 3.8) is 0 Å². The molecule has 13 nitrogen and oxygen atoms in total. The molecule has 3 N–H and O–H groups in total. The van der Waals surface area contributed by atoms with E-state index >= 15 is 0 Å². The van der Waals surface area contributed by atoms with Gasteiger partial charge in [-0.05, 0) is 18.6 Å². The third kappa shape index (κ3) is 9.82. The Labute approximate surface area is 232 Å². The summed E-state index contributed by atoms with van der Waals surface area (Å²) in [5.41, 5.74) is -0.330. The van der Waals surface area contributed by atoms with E-state index in [4.69, 9.17) is 28.4 Å². The number of unbranched alkanes of at least 4 members (excludes halogenated alkanes) is 5. The number of hydrogen-bond donors (Lipinski definition) is 3. The first kappa shape index (κ1) is 33.1. The number of esters is 4. The normalized spacial score (nSPS) is 22.3. The van der Waals surface area contributed by atoms with E-state index in [1.807, 2.05) is 0 Å². The van der Waals surface area contributed by atoms with E-state index in [-0.39, 0.29) is 12.2 Å². The molecule has 1 heterocycles. The molecule has 0 amide bonds. The van der Waals surface area contributed by atoms with Crippen LogP contribution in [0.2, 0.25) is 0 Å². The number of aliphatic hydroxyl groups excluding tert-OH is 3. The SMILES string of the molecule is CCCCCCCCO[C@@H]1O[C@H](CO)[C@@H](OC(=O)c2cc(OC(C)=O)c(OC(C)=O)c(OC(C)=O)c2)[C@H](O)[C@H]1O. The Morgan fingerprint density at radius 3 is 1.90 bits per heavy atom. The van der Waals surface area contributed by atoms with Gasteiger partial charge in [0, 0.05) is 27.4 Å². The van der Waals surface area contributed by atoms with Crippen LogP contribution in [0.3, 0.4) is 0 Å². The maximum absolute atomic E-state index is 13.1. The van der Waals surface area contributed by atoms with Gasteiger partial charge in [-0.2, -0.15) is 0 Å². The Hall–Kier alpha value is -3.10. The Balaban J connectivity index is 2.19. The number of benzene rings is 1. The molecule has 1 aromatic rings. The van der Waals surface area contributed by atoms with Gasteiger partial charge in [0.2, 0.25) is 5.75 Å². The fourth-order valence-corrected chi connectivity index (χ4v) is 4.01. The van der Waals surface area contributed by atoms with Gasteiger partial charge in [-0.3, -0.25) is 14.4 Å². The van der Waals surface area contributed by atoms with Crippen LogP contribution in [0.25, 0.3) is 0 Å². The molecular formula is C27H38O13. The van der Waals surface area contributed by atoms with Crippen LogP contribution in [0.5, 0.6) is 17.2 Å². The summed E-state index contributed by atoms with van der Waals surface area (Å²) in [6.45, 7) is 4.88. The third-order valence-electron chi connectivity index (χ3n) is 5.85. The monoisotopic (exact) mass is 570 g/mol. The fourth-order valence-electron chi connectivity index (χ4n) is 4.01. The van der Waals surface area contributed by atoms with Crippen LogP contribution < -0.4 is 14.2 Å². The quantitative estimate of drug-likeness (QED) is 0.167. The molecule has 224 valence electrons. The minimum Gasteiger partial charge on any atom is -0.453 e. The van der Waals surface area contributed by atoms with Gasteiger partial charge in [0.25, 0.3) is 0 Å². The molecule has 40 heavy (non-hydrogen) atoms. The third-order valence-corrected chi connectivity index (χ3v) is 5.85. The van der Waals surface area contributed by atoms with Crippen molar-refractivity contribution in [1.29, 1.82) is 0 Å². The van der Waals surface area contributed by atoms with Gasteiger partial charge >= 0.3 is 23.9 Å². The Morgan fingerprint density at radius 2 is 1.38 bits per heavy atom. The van der Waals surface area contributed by atoms with E-state index in [0.29, 0.717) is 6.42 Å². The van der Waals surface area contributed by atoms with Gasteiger partial charge in [0.15, 0.2) is 23.9 Å². The van der Waals surface area contributed by atoms with Crippen molar-refractivity contribution in [2.75, 3.05) is 13.2 Å². The number of rotatable bonds is 14. The number of carbonyl (C=O) groups is 4. The first-order valence-electron chi connectivity index (χ1n) is 13.2. The van der Waals surface area contributed by atoms with Crippen molar-refractivity contribution in [2.45, 2.75) is 96.9 Å². The first-order chi connectivity index (χ1) is 19.0. The highest BCUT2D eigenvalue weighted by Gasteiger charge is 2.47. The maximum atomic E-state index is 13.1. The number of hydrogen-bond acceptors (Lipinski definition) is 13. The van der Waals surface area contributed by atoms with E-state index in [1.54, 1.807) is 0 Å². The van der Waals surface area contributed by atoms with Crippen LogP contribution in [0.15, 0.2) is 12.1 Å². The van der Waals surface area contributed by atoms with E-state index in [1.165, 1.54) is 0 Å². The Morgan fingerprint density at radius 1 is 0.825 bits per heavy atom. The number of aliphatic hydroxyl groups is 3. The molecule has 1 aromatic carbocycles. The molecule has 2 rings (SSSR count). The van der Waals surface area contributed by atoms with Gasteiger partial charge in [0.1, 0.15) is 18.3 Å². The number of carbonyl (C=O) groups excluding carboxylic acids is 4. The molecular weight excluding hydrogens is 532 g/mol. The molecule has 1 fully saturated rings. The highest BCUT2D eigenvalue weighted by Crippen LogP contribution is 2.40. The lowest BCUT2D eigenvalue weighted by atomic mass is 9.99. The average molecular weight is 571 g/mol. The molecule has 0 bridgehead atoms. The van der Waals surface area contributed by atoms with Gasteiger partial charge < -0.3 is 43.7 Å².